The number of fused-ring (bicyclic) bond motifs is 1. The maximum absolute atomic E-state index is 13.9. The summed E-state index contributed by atoms with van der Waals surface area (Å²) in [6, 6.07) is 6.48. The normalized spacial score (nSPS) is 20.4. The van der Waals surface area contributed by atoms with Crippen LogP contribution in [-0.4, -0.2) is 83.5 Å². The number of sulfonamides is 1. The number of rotatable bonds is 8. The van der Waals surface area contributed by atoms with Gasteiger partial charge in [-0.05, 0) is 80.2 Å². The van der Waals surface area contributed by atoms with E-state index in [-0.39, 0.29) is 24.0 Å². The van der Waals surface area contributed by atoms with Crippen molar-refractivity contribution in [2.75, 3.05) is 72.9 Å². The molecule has 1 aliphatic carbocycles. The van der Waals surface area contributed by atoms with Gasteiger partial charge in [0.25, 0.3) is 5.91 Å². The van der Waals surface area contributed by atoms with Gasteiger partial charge < -0.3 is 25.1 Å². The van der Waals surface area contributed by atoms with E-state index < -0.39 is 16.2 Å². The van der Waals surface area contributed by atoms with Gasteiger partial charge in [-0.15, -0.1) is 0 Å². The minimum atomic E-state index is -3.85. The van der Waals surface area contributed by atoms with Crippen LogP contribution in [-0.2, 0) is 16.4 Å². The number of aliphatic hydroxyl groups excluding tert-OH is 1. The molecule has 0 radical (unpaired) electrons. The van der Waals surface area contributed by atoms with Crippen LogP contribution in [0.15, 0.2) is 29.2 Å². The highest BCUT2D eigenvalue weighted by Crippen LogP contribution is 2.54. The lowest BCUT2D eigenvalue weighted by Gasteiger charge is -2.35. The van der Waals surface area contributed by atoms with Crippen molar-refractivity contribution in [2.45, 2.75) is 56.0 Å². The molecule has 0 atom stereocenters. The smallest absolute Gasteiger partial charge is 0.258 e. The highest BCUT2D eigenvalue weighted by Gasteiger charge is 2.44. The van der Waals surface area contributed by atoms with Crippen molar-refractivity contribution < 1.29 is 22.7 Å². The summed E-state index contributed by atoms with van der Waals surface area (Å²) in [5.74, 6) is 0.850. The van der Waals surface area contributed by atoms with E-state index in [1.165, 1.54) is 18.9 Å². The summed E-state index contributed by atoms with van der Waals surface area (Å²) in [5.41, 5.74) is 3.51. The Hall–Kier alpha value is -2.96. The first-order valence-electron chi connectivity index (χ1n) is 14.6. The molecule has 1 saturated carbocycles. The predicted molar refractivity (Wildman–Crippen MR) is 157 cm³/mol. The molecule has 1 aromatic carbocycles. The van der Waals surface area contributed by atoms with Gasteiger partial charge in [-0.3, -0.25) is 4.79 Å². The fourth-order valence-corrected chi connectivity index (χ4v) is 7.45. The van der Waals surface area contributed by atoms with Crippen LogP contribution in [0.5, 0.6) is 0 Å². The molecule has 1 aromatic heterocycles. The largest absolute Gasteiger partial charge is 0.395 e. The number of likely N-dealkylation sites (N-methyl/N-ethyl adjacent to an activating group) is 1. The maximum Gasteiger partial charge on any atom is 0.258 e. The number of hydrogen-bond donors (Lipinski definition) is 3. The number of aliphatic hydroxyl groups is 1. The van der Waals surface area contributed by atoms with E-state index in [2.05, 4.69) is 24.7 Å². The Morgan fingerprint density at radius 3 is 2.49 bits per heavy atom. The molecule has 1 spiro atoms. The summed E-state index contributed by atoms with van der Waals surface area (Å²) < 4.78 is 42.0. The summed E-state index contributed by atoms with van der Waals surface area (Å²) in [7, 11) is -1.82. The van der Waals surface area contributed by atoms with Crippen molar-refractivity contribution in [1.29, 1.82) is 0 Å². The number of halogens is 1. The number of alkyl halides is 1. The molecular formula is C29H39FN6O4S. The van der Waals surface area contributed by atoms with Gasteiger partial charge in [0.1, 0.15) is 12.0 Å². The number of carbonyl (C=O) groups is 1. The van der Waals surface area contributed by atoms with Gasteiger partial charge in [-0.1, -0.05) is 0 Å². The molecule has 3 fully saturated rings. The second-order valence-electron chi connectivity index (χ2n) is 11.9. The van der Waals surface area contributed by atoms with Crippen molar-refractivity contribution in [1.82, 2.24) is 9.71 Å². The Bertz CT molecular complexity index is 1410. The summed E-state index contributed by atoms with van der Waals surface area (Å²) in [4.78, 5) is 25.1. The summed E-state index contributed by atoms with van der Waals surface area (Å²) in [5, 5.41) is 12.1. The fourth-order valence-electron chi connectivity index (χ4n) is 6.40. The van der Waals surface area contributed by atoms with Crippen molar-refractivity contribution in [3.63, 3.8) is 0 Å². The molecule has 4 aliphatic rings. The number of piperidine rings is 2. The van der Waals surface area contributed by atoms with Crippen LogP contribution >= 0.6 is 0 Å². The summed E-state index contributed by atoms with van der Waals surface area (Å²) >= 11 is 0. The van der Waals surface area contributed by atoms with E-state index in [1.54, 1.807) is 12.1 Å². The molecule has 2 aromatic rings. The molecule has 6 rings (SSSR count). The van der Waals surface area contributed by atoms with E-state index in [4.69, 9.17) is 10.1 Å². The third-order valence-electron chi connectivity index (χ3n) is 9.17. The van der Waals surface area contributed by atoms with Gasteiger partial charge in [-0.25, -0.2) is 22.5 Å². The van der Waals surface area contributed by atoms with Crippen LogP contribution < -0.4 is 24.7 Å². The predicted octanol–water partition coefficient (Wildman–Crippen LogP) is 2.92. The van der Waals surface area contributed by atoms with Crippen LogP contribution in [0.25, 0.3) is 0 Å². The monoisotopic (exact) mass is 586 g/mol. The lowest BCUT2D eigenvalue weighted by molar-refractivity contribution is 0.102. The van der Waals surface area contributed by atoms with E-state index in [9.17, 15) is 17.6 Å². The van der Waals surface area contributed by atoms with Crippen molar-refractivity contribution in [3.8, 4) is 0 Å². The van der Waals surface area contributed by atoms with Crippen LogP contribution in [0.2, 0.25) is 0 Å². The van der Waals surface area contributed by atoms with Gasteiger partial charge in [0.15, 0.2) is 5.82 Å². The Morgan fingerprint density at radius 2 is 1.80 bits per heavy atom. The van der Waals surface area contributed by atoms with Crippen LogP contribution in [0, 0.1) is 5.41 Å². The number of hydrogen-bond acceptors (Lipinski definition) is 8. The van der Waals surface area contributed by atoms with E-state index in [0.29, 0.717) is 48.4 Å². The number of pyridine rings is 1. The number of aromatic nitrogens is 1. The summed E-state index contributed by atoms with van der Waals surface area (Å²) in [6.45, 7) is 3.12. The minimum absolute atomic E-state index is 0.0569. The Kier molecular flexibility index (Phi) is 7.58. The van der Waals surface area contributed by atoms with Crippen LogP contribution in [0.1, 0.15) is 54.4 Å². The van der Waals surface area contributed by atoms with E-state index >= 15 is 0 Å². The van der Waals surface area contributed by atoms with Gasteiger partial charge in [0, 0.05) is 46.3 Å². The van der Waals surface area contributed by atoms with Crippen molar-refractivity contribution in [3.05, 3.63) is 35.4 Å². The second kappa shape index (κ2) is 11.0. The van der Waals surface area contributed by atoms with E-state index in [0.717, 1.165) is 56.0 Å². The quantitative estimate of drug-likeness (QED) is 0.432. The van der Waals surface area contributed by atoms with Crippen molar-refractivity contribution >= 4 is 38.9 Å². The van der Waals surface area contributed by atoms with Gasteiger partial charge >= 0.3 is 0 Å². The highest BCUT2D eigenvalue weighted by atomic mass is 32.2. The number of amides is 1. The lowest BCUT2D eigenvalue weighted by atomic mass is 9.93. The molecule has 2 saturated heterocycles. The lowest BCUT2D eigenvalue weighted by Crippen LogP contribution is -2.36. The molecule has 0 bridgehead atoms. The fraction of sp³-hybridized carbons (Fsp3) is 0.586. The van der Waals surface area contributed by atoms with Gasteiger partial charge in [-0.2, -0.15) is 0 Å². The van der Waals surface area contributed by atoms with Crippen LogP contribution in [0.4, 0.5) is 27.4 Å². The number of benzene rings is 1. The maximum atomic E-state index is 13.9. The molecule has 0 unspecified atom stereocenters. The molecule has 3 N–H and O–H groups in total. The Morgan fingerprint density at radius 1 is 1.07 bits per heavy atom. The average Bonchev–Trinajstić information content (AvgIpc) is 3.62. The number of carbonyl (C=O) groups excluding carboxylic acids is 1. The molecule has 12 heteroatoms. The number of nitrogens with zero attached hydrogens (tertiary/aromatic N) is 4. The first kappa shape index (κ1) is 28.2. The minimum Gasteiger partial charge on any atom is -0.395 e. The molecule has 3 aliphatic heterocycles. The molecule has 222 valence electrons. The zero-order valence-corrected chi connectivity index (χ0v) is 24.3. The highest BCUT2D eigenvalue weighted by molar-refractivity contribution is 7.89. The first-order chi connectivity index (χ1) is 19.7. The first-order valence-corrected chi connectivity index (χ1v) is 16.1. The summed E-state index contributed by atoms with van der Waals surface area (Å²) in [6.07, 6.45) is 5.46. The third-order valence-corrected chi connectivity index (χ3v) is 10.6. The Balaban J connectivity index is 1.31. The van der Waals surface area contributed by atoms with Gasteiger partial charge in [0.2, 0.25) is 10.0 Å². The number of anilines is 4. The average molecular weight is 587 g/mol. The molecule has 1 amide bonds. The third kappa shape index (κ3) is 5.74. The van der Waals surface area contributed by atoms with E-state index in [1.807, 2.05) is 13.1 Å². The Labute approximate surface area is 241 Å². The SMILES string of the molecule is CN1CCc2cc(NC(=O)c3ccc(S(=O)(=O)NCCO)cc3N3CCC4(CC3)CC4)nc(N3CCC(F)CC3)c21. The van der Waals surface area contributed by atoms with Gasteiger partial charge in [0.05, 0.1) is 28.4 Å². The molecule has 41 heavy (non-hydrogen) atoms. The zero-order chi connectivity index (χ0) is 28.8. The molecule has 4 heterocycles. The zero-order valence-electron chi connectivity index (χ0n) is 23.5. The standard InChI is InChI=1S/C29H39FN6O4S/c1-34-12-4-20-18-25(32-27(26(20)34)36-13-5-21(30)6-14-36)33-28(38)23-3-2-22(41(39,40)31-11-17-37)19-24(23)35-15-9-29(7-8-29)10-16-35/h2-3,18-19,21,31,37H,4-17H2,1H3,(H,32,33,38). The topological polar surface area (TPSA) is 118 Å². The second-order valence-corrected chi connectivity index (χ2v) is 13.7. The van der Waals surface area contributed by atoms with Crippen LogP contribution in [0.3, 0.4) is 0 Å². The molecule has 10 nitrogen and oxygen atoms in total. The molecular weight excluding hydrogens is 547 g/mol. The number of nitrogens with one attached hydrogen (secondary N) is 2. The van der Waals surface area contributed by atoms with Crippen molar-refractivity contribution in [2.24, 2.45) is 5.41 Å².